The maximum atomic E-state index is 13.8. The first-order chi connectivity index (χ1) is 8.75. The average molecular weight is 292 g/mol. The van der Waals surface area contributed by atoms with Gasteiger partial charge < -0.3 is 10.0 Å². The number of benzene rings is 1. The Morgan fingerprint density at radius 1 is 1.37 bits per heavy atom. The summed E-state index contributed by atoms with van der Waals surface area (Å²) in [6.45, 7) is 5.06. The van der Waals surface area contributed by atoms with E-state index in [1.807, 2.05) is 0 Å². The molecule has 106 valence electrons. The standard InChI is InChI=1S/C13H16ClF2NO2/c1-7(2)17(6-8(3)18)13(19)9-4-5-10(15)11(14)12(9)16/h4-5,7-8,18H,6H2,1-3H3. The van der Waals surface area contributed by atoms with Crippen molar-refractivity contribution in [2.24, 2.45) is 0 Å². The molecule has 0 aliphatic heterocycles. The van der Waals surface area contributed by atoms with Crippen LogP contribution in [0.4, 0.5) is 8.78 Å². The van der Waals surface area contributed by atoms with Crippen LogP contribution in [-0.4, -0.2) is 34.6 Å². The van der Waals surface area contributed by atoms with Gasteiger partial charge in [-0.1, -0.05) is 11.6 Å². The third kappa shape index (κ3) is 3.64. The molecule has 0 aromatic heterocycles. The van der Waals surface area contributed by atoms with Crippen LogP contribution in [0.2, 0.25) is 5.02 Å². The molecule has 0 spiro atoms. The van der Waals surface area contributed by atoms with Crippen LogP contribution in [0.3, 0.4) is 0 Å². The Hall–Kier alpha value is -1.20. The van der Waals surface area contributed by atoms with E-state index >= 15 is 0 Å². The van der Waals surface area contributed by atoms with Gasteiger partial charge in [-0.15, -0.1) is 0 Å². The first-order valence-corrected chi connectivity index (χ1v) is 6.26. The van der Waals surface area contributed by atoms with Crippen molar-refractivity contribution in [1.82, 2.24) is 4.90 Å². The van der Waals surface area contributed by atoms with Gasteiger partial charge in [-0.3, -0.25) is 4.79 Å². The lowest BCUT2D eigenvalue weighted by molar-refractivity contribution is 0.0574. The van der Waals surface area contributed by atoms with Crippen molar-refractivity contribution in [2.75, 3.05) is 6.54 Å². The lowest BCUT2D eigenvalue weighted by Gasteiger charge is -2.28. The minimum absolute atomic E-state index is 0.0605. The van der Waals surface area contributed by atoms with Crippen molar-refractivity contribution in [3.05, 3.63) is 34.4 Å². The molecule has 0 saturated carbocycles. The van der Waals surface area contributed by atoms with Crippen LogP contribution < -0.4 is 0 Å². The topological polar surface area (TPSA) is 40.5 Å². The fraction of sp³-hybridized carbons (Fsp3) is 0.462. The third-order valence-corrected chi connectivity index (χ3v) is 2.96. The Morgan fingerprint density at radius 2 is 1.95 bits per heavy atom. The van der Waals surface area contributed by atoms with E-state index in [0.717, 1.165) is 12.1 Å². The van der Waals surface area contributed by atoms with Crippen LogP contribution in [0.5, 0.6) is 0 Å². The number of halogens is 3. The minimum Gasteiger partial charge on any atom is -0.392 e. The van der Waals surface area contributed by atoms with Crippen molar-refractivity contribution in [1.29, 1.82) is 0 Å². The predicted molar refractivity (Wildman–Crippen MR) is 69.2 cm³/mol. The SMILES string of the molecule is CC(O)CN(C(=O)c1ccc(F)c(Cl)c1F)C(C)C. The fourth-order valence-electron chi connectivity index (χ4n) is 1.66. The van der Waals surface area contributed by atoms with Gasteiger partial charge in [-0.25, -0.2) is 8.78 Å². The molecule has 19 heavy (non-hydrogen) atoms. The number of carbonyl (C=O) groups is 1. The Bertz CT molecular complexity index is 478. The molecule has 0 bridgehead atoms. The van der Waals surface area contributed by atoms with E-state index in [9.17, 15) is 18.7 Å². The van der Waals surface area contributed by atoms with Crippen LogP contribution >= 0.6 is 11.6 Å². The quantitative estimate of drug-likeness (QED) is 0.867. The zero-order valence-corrected chi connectivity index (χ0v) is 11.7. The average Bonchev–Trinajstić information content (AvgIpc) is 2.32. The van der Waals surface area contributed by atoms with E-state index in [4.69, 9.17) is 11.6 Å². The maximum Gasteiger partial charge on any atom is 0.257 e. The van der Waals surface area contributed by atoms with Crippen molar-refractivity contribution < 1.29 is 18.7 Å². The molecule has 6 heteroatoms. The summed E-state index contributed by atoms with van der Waals surface area (Å²) in [6, 6.07) is 1.76. The number of hydrogen-bond donors (Lipinski definition) is 1. The molecule has 0 saturated heterocycles. The van der Waals surface area contributed by atoms with E-state index in [1.54, 1.807) is 13.8 Å². The number of aliphatic hydroxyl groups excluding tert-OH is 1. The monoisotopic (exact) mass is 291 g/mol. The van der Waals surface area contributed by atoms with Crippen molar-refractivity contribution in [3.63, 3.8) is 0 Å². The minimum atomic E-state index is -1.08. The number of hydrogen-bond acceptors (Lipinski definition) is 2. The first kappa shape index (κ1) is 15.9. The fourth-order valence-corrected chi connectivity index (χ4v) is 1.82. The Labute approximate surface area is 115 Å². The van der Waals surface area contributed by atoms with Crippen LogP contribution in [0.15, 0.2) is 12.1 Å². The Morgan fingerprint density at radius 3 is 2.42 bits per heavy atom. The second-order valence-electron chi connectivity index (χ2n) is 4.62. The highest BCUT2D eigenvalue weighted by Gasteiger charge is 2.25. The third-order valence-electron chi connectivity index (χ3n) is 2.61. The normalized spacial score (nSPS) is 12.6. The zero-order valence-electron chi connectivity index (χ0n) is 11.0. The van der Waals surface area contributed by atoms with E-state index in [1.165, 1.54) is 11.8 Å². The number of rotatable bonds is 4. The second-order valence-corrected chi connectivity index (χ2v) is 5.00. The molecule has 0 aliphatic rings. The summed E-state index contributed by atoms with van der Waals surface area (Å²) in [5, 5.41) is 8.66. The summed E-state index contributed by atoms with van der Waals surface area (Å²) in [7, 11) is 0. The number of amides is 1. The van der Waals surface area contributed by atoms with Gasteiger partial charge >= 0.3 is 0 Å². The molecule has 0 heterocycles. The molecule has 0 fully saturated rings. The highest BCUT2D eigenvalue weighted by Crippen LogP contribution is 2.23. The smallest absolute Gasteiger partial charge is 0.257 e. The summed E-state index contributed by atoms with van der Waals surface area (Å²) >= 11 is 5.45. The van der Waals surface area contributed by atoms with Gasteiger partial charge in [0, 0.05) is 12.6 Å². The van der Waals surface area contributed by atoms with E-state index in [2.05, 4.69) is 0 Å². The van der Waals surface area contributed by atoms with Crippen LogP contribution in [0.1, 0.15) is 31.1 Å². The van der Waals surface area contributed by atoms with Gasteiger partial charge in [-0.2, -0.15) is 0 Å². The summed E-state index contributed by atoms with van der Waals surface area (Å²) in [5.41, 5.74) is -0.305. The number of carbonyl (C=O) groups excluding carboxylic acids is 1. The van der Waals surface area contributed by atoms with Crippen LogP contribution in [0.25, 0.3) is 0 Å². The summed E-state index contributed by atoms with van der Waals surface area (Å²) in [4.78, 5) is 13.5. The lowest BCUT2D eigenvalue weighted by Crippen LogP contribution is -2.41. The van der Waals surface area contributed by atoms with E-state index < -0.39 is 28.7 Å². The van der Waals surface area contributed by atoms with Crippen molar-refractivity contribution >= 4 is 17.5 Å². The maximum absolute atomic E-state index is 13.8. The van der Waals surface area contributed by atoms with E-state index in [-0.39, 0.29) is 18.2 Å². The summed E-state index contributed by atoms with van der Waals surface area (Å²) in [6.07, 6.45) is -0.745. The van der Waals surface area contributed by atoms with Gasteiger partial charge in [-0.05, 0) is 32.9 Å². The Kier molecular flexibility index (Phi) is 5.26. The van der Waals surface area contributed by atoms with Gasteiger partial charge in [0.15, 0.2) is 5.82 Å². The molecule has 1 rings (SSSR count). The zero-order chi connectivity index (χ0) is 14.7. The second kappa shape index (κ2) is 6.30. The van der Waals surface area contributed by atoms with Crippen molar-refractivity contribution in [3.8, 4) is 0 Å². The van der Waals surface area contributed by atoms with Gasteiger partial charge in [0.2, 0.25) is 0 Å². The molecule has 1 amide bonds. The number of nitrogens with zero attached hydrogens (tertiary/aromatic N) is 1. The molecule has 1 aromatic carbocycles. The largest absolute Gasteiger partial charge is 0.392 e. The molecule has 1 atom stereocenters. The highest BCUT2D eigenvalue weighted by atomic mass is 35.5. The molecule has 1 N–H and O–H groups in total. The summed E-state index contributed by atoms with van der Waals surface area (Å²) in [5.74, 6) is -2.62. The van der Waals surface area contributed by atoms with Gasteiger partial charge in [0.1, 0.15) is 10.8 Å². The predicted octanol–water partition coefficient (Wildman–Crippen LogP) is 2.85. The highest BCUT2D eigenvalue weighted by molar-refractivity contribution is 6.31. The van der Waals surface area contributed by atoms with Gasteiger partial charge in [0.05, 0.1) is 11.7 Å². The van der Waals surface area contributed by atoms with Crippen LogP contribution in [0, 0.1) is 11.6 Å². The summed E-state index contributed by atoms with van der Waals surface area (Å²) < 4.78 is 26.8. The lowest BCUT2D eigenvalue weighted by atomic mass is 10.1. The molecule has 1 aromatic rings. The van der Waals surface area contributed by atoms with Crippen LogP contribution in [-0.2, 0) is 0 Å². The molecule has 0 radical (unpaired) electrons. The molecule has 1 unspecified atom stereocenters. The molecule has 3 nitrogen and oxygen atoms in total. The van der Waals surface area contributed by atoms with Gasteiger partial charge in [0.25, 0.3) is 5.91 Å². The van der Waals surface area contributed by atoms with Crippen molar-refractivity contribution in [2.45, 2.75) is 32.9 Å². The number of aliphatic hydroxyl groups is 1. The molecular weight excluding hydrogens is 276 g/mol. The Balaban J connectivity index is 3.14. The molecule has 0 aliphatic carbocycles. The molecular formula is C13H16ClF2NO2. The van der Waals surface area contributed by atoms with E-state index in [0.29, 0.717) is 0 Å². The first-order valence-electron chi connectivity index (χ1n) is 5.88.